The van der Waals surface area contributed by atoms with Gasteiger partial charge >= 0.3 is 0 Å². The summed E-state index contributed by atoms with van der Waals surface area (Å²) in [4.78, 5) is 0. The predicted molar refractivity (Wildman–Crippen MR) is 74.0 cm³/mol. The van der Waals surface area contributed by atoms with Gasteiger partial charge in [0.25, 0.3) is 0 Å². The van der Waals surface area contributed by atoms with Gasteiger partial charge in [0, 0.05) is 13.1 Å². The highest BCUT2D eigenvalue weighted by atomic mass is 14.9. The van der Waals surface area contributed by atoms with Crippen LogP contribution in [0.2, 0.25) is 0 Å². The Balaban J connectivity index is 0.000000509. The molecule has 2 fully saturated rings. The fourth-order valence-corrected chi connectivity index (χ4v) is 2.59. The summed E-state index contributed by atoms with van der Waals surface area (Å²) in [5.41, 5.74) is 0.620. The lowest BCUT2D eigenvalue weighted by molar-refractivity contribution is 0.194. The number of rotatable bonds is 0. The Morgan fingerprint density at radius 3 is 1.69 bits per heavy atom. The van der Waals surface area contributed by atoms with E-state index in [1.165, 1.54) is 58.3 Å². The van der Waals surface area contributed by atoms with E-state index >= 15 is 0 Å². The van der Waals surface area contributed by atoms with Crippen LogP contribution in [-0.2, 0) is 0 Å². The summed E-state index contributed by atoms with van der Waals surface area (Å²) in [7, 11) is 0. The van der Waals surface area contributed by atoms with E-state index in [-0.39, 0.29) is 0 Å². The molecule has 2 saturated heterocycles. The van der Waals surface area contributed by atoms with Gasteiger partial charge in [-0.3, -0.25) is 0 Å². The van der Waals surface area contributed by atoms with Gasteiger partial charge in [-0.25, -0.2) is 0 Å². The second kappa shape index (κ2) is 10.1. The molecule has 2 aliphatic rings. The number of piperidine rings is 1. The van der Waals surface area contributed by atoms with Gasteiger partial charge in [0.15, 0.2) is 0 Å². The minimum atomic E-state index is 0.620. The highest BCUT2D eigenvalue weighted by Crippen LogP contribution is 2.32. The first-order valence-electron chi connectivity index (χ1n) is 7.33. The van der Waals surface area contributed by atoms with E-state index in [2.05, 4.69) is 10.6 Å². The Morgan fingerprint density at radius 1 is 0.688 bits per heavy atom. The molecule has 0 saturated carbocycles. The minimum absolute atomic E-state index is 0.620. The highest BCUT2D eigenvalue weighted by Gasteiger charge is 2.31. The molecule has 0 aromatic carbocycles. The zero-order valence-corrected chi connectivity index (χ0v) is 11.9. The van der Waals surface area contributed by atoms with Gasteiger partial charge < -0.3 is 10.6 Å². The first-order valence-corrected chi connectivity index (χ1v) is 7.33. The molecule has 2 aliphatic heterocycles. The molecular weight excluding hydrogens is 196 g/mol. The highest BCUT2D eigenvalue weighted by molar-refractivity contribution is 4.88. The maximum Gasteiger partial charge on any atom is 0.00200 e. The lowest BCUT2D eigenvalue weighted by atomic mass is 9.77. The molecule has 0 radical (unpaired) electrons. The van der Waals surface area contributed by atoms with Crippen molar-refractivity contribution in [2.45, 2.75) is 59.8 Å². The van der Waals surface area contributed by atoms with Gasteiger partial charge in [0.05, 0.1) is 0 Å². The van der Waals surface area contributed by atoms with Crippen LogP contribution in [0.1, 0.15) is 59.8 Å². The Bertz CT molecular complexity index is 130. The summed E-state index contributed by atoms with van der Waals surface area (Å²) < 4.78 is 0. The summed E-state index contributed by atoms with van der Waals surface area (Å²) in [6.45, 7) is 13.0. The van der Waals surface area contributed by atoms with E-state index in [4.69, 9.17) is 0 Å². The van der Waals surface area contributed by atoms with Gasteiger partial charge in [-0.15, -0.1) is 0 Å². The first-order chi connectivity index (χ1) is 7.91. The van der Waals surface area contributed by atoms with Gasteiger partial charge in [-0.2, -0.15) is 0 Å². The molecule has 0 aromatic rings. The second-order valence-electron chi connectivity index (χ2n) is 4.41. The molecule has 16 heavy (non-hydrogen) atoms. The van der Waals surface area contributed by atoms with E-state index < -0.39 is 0 Å². The van der Waals surface area contributed by atoms with Crippen LogP contribution in [0.5, 0.6) is 0 Å². The fraction of sp³-hybridized carbons (Fsp3) is 1.00. The summed E-state index contributed by atoms with van der Waals surface area (Å²) in [5, 5.41) is 7.10. The van der Waals surface area contributed by atoms with E-state index in [0.717, 1.165) is 0 Å². The Morgan fingerprint density at radius 2 is 1.19 bits per heavy atom. The van der Waals surface area contributed by atoms with Crippen LogP contribution < -0.4 is 10.6 Å². The van der Waals surface area contributed by atoms with E-state index in [1.54, 1.807) is 0 Å². The summed E-state index contributed by atoms with van der Waals surface area (Å²) in [6, 6.07) is 0. The van der Waals surface area contributed by atoms with Crippen LogP contribution in [0.3, 0.4) is 0 Å². The van der Waals surface area contributed by atoms with Crippen LogP contribution in [0, 0.1) is 5.41 Å². The van der Waals surface area contributed by atoms with E-state index in [0.29, 0.717) is 5.41 Å². The quantitative estimate of drug-likeness (QED) is 0.665. The zero-order valence-electron chi connectivity index (χ0n) is 11.9. The topological polar surface area (TPSA) is 24.1 Å². The van der Waals surface area contributed by atoms with Crippen molar-refractivity contribution in [3.05, 3.63) is 0 Å². The third kappa shape index (κ3) is 5.31. The predicted octanol–water partition coefficient (Wildman–Crippen LogP) is 3.18. The third-order valence-electron chi connectivity index (χ3n) is 3.37. The van der Waals surface area contributed by atoms with Crippen molar-refractivity contribution in [2.24, 2.45) is 5.41 Å². The molecule has 1 unspecified atom stereocenters. The lowest BCUT2D eigenvalue weighted by Crippen LogP contribution is -2.45. The van der Waals surface area contributed by atoms with Crippen molar-refractivity contribution in [2.75, 3.05) is 26.2 Å². The summed E-state index contributed by atoms with van der Waals surface area (Å²) in [5.74, 6) is 0. The molecule has 1 spiro atoms. The molecule has 98 valence electrons. The number of hydrogen-bond acceptors (Lipinski definition) is 2. The Kier molecular flexibility index (Phi) is 10.0. The van der Waals surface area contributed by atoms with Crippen molar-refractivity contribution in [1.82, 2.24) is 10.6 Å². The molecule has 2 heterocycles. The molecule has 0 bridgehead atoms. The van der Waals surface area contributed by atoms with Gasteiger partial charge in [0.2, 0.25) is 0 Å². The van der Waals surface area contributed by atoms with Crippen molar-refractivity contribution in [3.8, 4) is 0 Å². The maximum atomic E-state index is 3.57. The molecule has 2 rings (SSSR count). The molecule has 0 aromatic heterocycles. The van der Waals surface area contributed by atoms with Crippen LogP contribution in [-0.4, -0.2) is 26.2 Å². The van der Waals surface area contributed by atoms with E-state index in [9.17, 15) is 0 Å². The van der Waals surface area contributed by atoms with Gasteiger partial charge in [-0.1, -0.05) is 34.1 Å². The molecule has 0 aliphatic carbocycles. The molecule has 2 heteroatoms. The van der Waals surface area contributed by atoms with E-state index in [1.807, 2.05) is 27.7 Å². The molecule has 2 nitrogen and oxygen atoms in total. The average molecular weight is 228 g/mol. The summed E-state index contributed by atoms with van der Waals surface area (Å²) in [6.07, 6.45) is 7.05. The Labute approximate surface area is 103 Å². The van der Waals surface area contributed by atoms with Crippen molar-refractivity contribution < 1.29 is 0 Å². The average Bonchev–Trinajstić information content (AvgIpc) is 2.61. The van der Waals surface area contributed by atoms with Crippen LogP contribution >= 0.6 is 0 Å². The second-order valence-corrected chi connectivity index (χ2v) is 4.41. The van der Waals surface area contributed by atoms with Crippen LogP contribution in [0.4, 0.5) is 0 Å². The van der Waals surface area contributed by atoms with Gasteiger partial charge in [0.1, 0.15) is 0 Å². The first kappa shape index (κ1) is 15.9. The Hall–Kier alpha value is -0.0800. The van der Waals surface area contributed by atoms with Crippen molar-refractivity contribution in [3.63, 3.8) is 0 Å². The molecular formula is C14H32N2. The normalized spacial score (nSPS) is 29.2. The smallest absolute Gasteiger partial charge is 0.00200 e. The summed E-state index contributed by atoms with van der Waals surface area (Å²) >= 11 is 0. The third-order valence-corrected chi connectivity index (χ3v) is 3.37. The number of nitrogens with one attached hydrogen (secondary N) is 2. The molecule has 1 atom stereocenters. The van der Waals surface area contributed by atoms with Crippen molar-refractivity contribution in [1.29, 1.82) is 0 Å². The number of hydrogen-bond donors (Lipinski definition) is 2. The standard InChI is InChI=1S/C10H20N2.2C2H6/c1-2-6-11-8-10(4-1)5-3-7-12-9-10;2*1-2/h11-12H,1-9H2;2*1-2H3. The largest absolute Gasteiger partial charge is 0.316 e. The zero-order chi connectivity index (χ0) is 12.3. The van der Waals surface area contributed by atoms with Gasteiger partial charge in [-0.05, 0) is 44.2 Å². The maximum absolute atomic E-state index is 3.57. The SMILES string of the molecule is C1CCC2(CCCNC2)CNC1.CC.CC. The monoisotopic (exact) mass is 228 g/mol. The lowest BCUT2D eigenvalue weighted by Gasteiger charge is -2.36. The fourth-order valence-electron chi connectivity index (χ4n) is 2.59. The van der Waals surface area contributed by atoms with Crippen LogP contribution in [0.25, 0.3) is 0 Å². The minimum Gasteiger partial charge on any atom is -0.316 e. The van der Waals surface area contributed by atoms with Crippen LogP contribution in [0.15, 0.2) is 0 Å². The van der Waals surface area contributed by atoms with Crippen molar-refractivity contribution >= 4 is 0 Å². The molecule has 2 N–H and O–H groups in total. The molecule has 0 amide bonds.